The molecular weight excluding hydrogens is 436 g/mol. The van der Waals surface area contributed by atoms with Gasteiger partial charge in [0.25, 0.3) is 0 Å². The predicted octanol–water partition coefficient (Wildman–Crippen LogP) is 6.88. The number of allylic oxidation sites excluding steroid dienone is 9. The van der Waals surface area contributed by atoms with E-state index in [4.69, 9.17) is 4.74 Å². The second-order valence-electron chi connectivity index (χ2n) is 11.9. The Labute approximate surface area is 211 Å². The molecule has 0 bridgehead atoms. The van der Waals surface area contributed by atoms with Gasteiger partial charge in [-0.1, -0.05) is 69.7 Å². The van der Waals surface area contributed by atoms with Crippen LogP contribution >= 0.6 is 0 Å². The SMILES string of the molecule is COC(=O)\C(C)=C/C=C/C(C)=C/C=C/C(C)=C1/C(=O)C[C@H]2[C@@]3(C)CCC(=O)C(C)(C)[C@@H]3CC[C@]12C. The van der Waals surface area contributed by atoms with Crippen molar-refractivity contribution in [1.29, 1.82) is 0 Å². The first kappa shape index (κ1) is 27.1. The smallest absolute Gasteiger partial charge is 0.333 e. The van der Waals surface area contributed by atoms with E-state index in [1.165, 1.54) is 7.11 Å². The lowest BCUT2D eigenvalue weighted by Gasteiger charge is -2.60. The summed E-state index contributed by atoms with van der Waals surface area (Å²) < 4.78 is 4.70. The van der Waals surface area contributed by atoms with Crippen molar-refractivity contribution in [3.63, 3.8) is 0 Å². The number of Topliss-reactive ketones (excluding diaryl/α,β-unsaturated/α-hetero) is 2. The maximum absolute atomic E-state index is 13.4. The van der Waals surface area contributed by atoms with Gasteiger partial charge in [0.2, 0.25) is 0 Å². The van der Waals surface area contributed by atoms with E-state index >= 15 is 0 Å². The third-order valence-electron chi connectivity index (χ3n) is 9.35. The zero-order chi connectivity index (χ0) is 26.2. The first-order chi connectivity index (χ1) is 16.3. The molecule has 0 N–H and O–H groups in total. The van der Waals surface area contributed by atoms with Crippen LogP contribution in [0.2, 0.25) is 0 Å². The van der Waals surface area contributed by atoms with Crippen LogP contribution in [0.1, 0.15) is 80.6 Å². The Bertz CT molecular complexity index is 1060. The van der Waals surface area contributed by atoms with Crippen LogP contribution in [0.5, 0.6) is 0 Å². The highest BCUT2D eigenvalue weighted by Crippen LogP contribution is 2.68. The first-order valence-electron chi connectivity index (χ1n) is 12.8. The zero-order valence-electron chi connectivity index (χ0n) is 22.8. The molecule has 3 aliphatic rings. The van der Waals surface area contributed by atoms with Gasteiger partial charge in [0.1, 0.15) is 5.78 Å². The predicted molar refractivity (Wildman–Crippen MR) is 141 cm³/mol. The molecule has 0 amide bonds. The fourth-order valence-electron chi connectivity index (χ4n) is 7.44. The number of methoxy groups -OCH3 is 1. The van der Waals surface area contributed by atoms with Crippen molar-refractivity contribution in [2.75, 3.05) is 7.11 Å². The lowest BCUT2D eigenvalue weighted by atomic mass is 9.43. The molecule has 190 valence electrons. The Kier molecular flexibility index (Phi) is 7.64. The third-order valence-corrected chi connectivity index (χ3v) is 9.35. The fourth-order valence-corrected chi connectivity index (χ4v) is 7.44. The topological polar surface area (TPSA) is 60.4 Å². The minimum atomic E-state index is -0.335. The van der Waals surface area contributed by atoms with Gasteiger partial charge in [0, 0.05) is 34.8 Å². The monoisotopic (exact) mass is 478 g/mol. The Hall–Kier alpha value is -2.49. The number of rotatable bonds is 5. The molecule has 0 aromatic heterocycles. The molecule has 3 rings (SSSR count). The quantitative estimate of drug-likeness (QED) is 0.245. The number of fused-ring (bicyclic) bond motifs is 3. The Morgan fingerprint density at radius 2 is 1.60 bits per heavy atom. The van der Waals surface area contributed by atoms with Crippen molar-refractivity contribution < 1.29 is 19.1 Å². The fraction of sp³-hybridized carbons (Fsp3) is 0.581. The van der Waals surface area contributed by atoms with Crippen molar-refractivity contribution in [3.05, 3.63) is 58.7 Å². The average Bonchev–Trinajstić information content (AvgIpc) is 3.07. The number of esters is 1. The van der Waals surface area contributed by atoms with Crippen molar-refractivity contribution in [2.24, 2.45) is 28.1 Å². The van der Waals surface area contributed by atoms with E-state index in [0.29, 0.717) is 30.1 Å². The van der Waals surface area contributed by atoms with Crippen LogP contribution in [-0.4, -0.2) is 24.6 Å². The van der Waals surface area contributed by atoms with Crippen LogP contribution in [-0.2, 0) is 19.1 Å². The van der Waals surface area contributed by atoms with Gasteiger partial charge < -0.3 is 4.74 Å². The number of ether oxygens (including phenoxy) is 1. The zero-order valence-corrected chi connectivity index (χ0v) is 22.8. The van der Waals surface area contributed by atoms with E-state index in [1.54, 1.807) is 13.0 Å². The minimum Gasteiger partial charge on any atom is -0.466 e. The highest BCUT2D eigenvalue weighted by atomic mass is 16.5. The molecule has 3 aliphatic carbocycles. The Morgan fingerprint density at radius 1 is 0.943 bits per heavy atom. The van der Waals surface area contributed by atoms with Crippen LogP contribution in [0.3, 0.4) is 0 Å². The minimum absolute atomic E-state index is 0.0168. The van der Waals surface area contributed by atoms with Gasteiger partial charge in [-0.15, -0.1) is 0 Å². The molecular formula is C31H42O4. The average molecular weight is 479 g/mol. The van der Waals surface area contributed by atoms with Crippen molar-refractivity contribution in [2.45, 2.75) is 80.6 Å². The van der Waals surface area contributed by atoms with E-state index in [2.05, 4.69) is 40.7 Å². The largest absolute Gasteiger partial charge is 0.466 e. The van der Waals surface area contributed by atoms with Gasteiger partial charge in [-0.05, 0) is 62.9 Å². The molecule has 0 aliphatic heterocycles. The second-order valence-corrected chi connectivity index (χ2v) is 11.9. The van der Waals surface area contributed by atoms with Crippen LogP contribution in [0.15, 0.2) is 58.7 Å². The maximum Gasteiger partial charge on any atom is 0.333 e. The number of hydrogen-bond acceptors (Lipinski definition) is 4. The highest BCUT2D eigenvalue weighted by molar-refractivity contribution is 6.01. The van der Waals surface area contributed by atoms with Gasteiger partial charge >= 0.3 is 5.97 Å². The summed E-state index contributed by atoms with van der Waals surface area (Å²) >= 11 is 0. The summed E-state index contributed by atoms with van der Waals surface area (Å²) in [6.45, 7) is 14.7. The van der Waals surface area contributed by atoms with Gasteiger partial charge in [0.15, 0.2) is 5.78 Å². The number of carbonyl (C=O) groups is 3. The van der Waals surface area contributed by atoms with E-state index in [-0.39, 0.29) is 33.9 Å². The van der Waals surface area contributed by atoms with E-state index in [0.717, 1.165) is 36.0 Å². The highest BCUT2D eigenvalue weighted by Gasteiger charge is 2.64. The molecule has 4 nitrogen and oxygen atoms in total. The van der Waals surface area contributed by atoms with Crippen LogP contribution in [0.25, 0.3) is 0 Å². The van der Waals surface area contributed by atoms with Crippen LogP contribution in [0.4, 0.5) is 0 Å². The van der Waals surface area contributed by atoms with Crippen molar-refractivity contribution >= 4 is 17.5 Å². The summed E-state index contributed by atoms with van der Waals surface area (Å²) in [4.78, 5) is 37.6. The summed E-state index contributed by atoms with van der Waals surface area (Å²) in [5, 5.41) is 0. The first-order valence-corrected chi connectivity index (χ1v) is 12.8. The molecule has 0 heterocycles. The normalized spacial score (nSPS) is 34.9. The summed E-state index contributed by atoms with van der Waals surface area (Å²) in [5.74, 6) is 0.955. The Balaban J connectivity index is 1.83. The lowest BCUT2D eigenvalue weighted by Crippen LogP contribution is -2.56. The molecule has 3 saturated carbocycles. The summed E-state index contributed by atoms with van der Waals surface area (Å²) in [6.07, 6.45) is 15.6. The van der Waals surface area contributed by atoms with Crippen LogP contribution in [0, 0.1) is 28.1 Å². The molecule has 4 heteroatoms. The van der Waals surface area contributed by atoms with Gasteiger partial charge in [-0.3, -0.25) is 9.59 Å². The van der Waals surface area contributed by atoms with Gasteiger partial charge in [-0.25, -0.2) is 4.79 Å². The number of ketones is 2. The third kappa shape index (κ3) is 4.81. The molecule has 4 atom stereocenters. The van der Waals surface area contributed by atoms with Crippen LogP contribution < -0.4 is 0 Å². The molecule has 0 unspecified atom stereocenters. The molecule has 0 aromatic carbocycles. The van der Waals surface area contributed by atoms with Gasteiger partial charge in [-0.2, -0.15) is 0 Å². The molecule has 0 spiro atoms. The van der Waals surface area contributed by atoms with E-state index in [1.807, 2.05) is 31.2 Å². The van der Waals surface area contributed by atoms with Crippen molar-refractivity contribution in [1.82, 2.24) is 0 Å². The molecule has 3 fully saturated rings. The van der Waals surface area contributed by atoms with E-state index in [9.17, 15) is 14.4 Å². The summed E-state index contributed by atoms with van der Waals surface area (Å²) in [7, 11) is 1.37. The Morgan fingerprint density at radius 3 is 2.26 bits per heavy atom. The second kappa shape index (κ2) is 9.87. The number of carbonyl (C=O) groups excluding carboxylic acids is 3. The van der Waals surface area contributed by atoms with Crippen molar-refractivity contribution in [3.8, 4) is 0 Å². The summed E-state index contributed by atoms with van der Waals surface area (Å²) in [5.41, 5.74) is 3.19. The molecule has 0 radical (unpaired) electrons. The maximum atomic E-state index is 13.4. The summed E-state index contributed by atoms with van der Waals surface area (Å²) in [6, 6.07) is 0. The molecule has 0 aromatic rings. The standard InChI is InChI=1S/C31H42O4/c1-20(12-10-14-22(3)28(34)35-8)11-9-13-21(2)27-23(32)19-25-30(6)18-16-26(33)29(4,5)24(30)15-17-31(25,27)7/h9-14,24-25H,15-19H2,1-8H3/b12-10+,13-9+,20-11+,22-14-,27-21-/t24-,25-,30-,31-/m0/s1. The molecule has 0 saturated heterocycles. The number of hydrogen-bond donors (Lipinski definition) is 0. The van der Waals surface area contributed by atoms with E-state index < -0.39 is 0 Å². The van der Waals surface area contributed by atoms with Gasteiger partial charge in [0.05, 0.1) is 7.11 Å². The molecule has 35 heavy (non-hydrogen) atoms. The lowest BCUT2D eigenvalue weighted by molar-refractivity contribution is -0.154.